The zero-order chi connectivity index (χ0) is 11.4. The van der Waals surface area contributed by atoms with Crippen molar-refractivity contribution in [3.63, 3.8) is 0 Å². The Kier molecular flexibility index (Phi) is 3.90. The summed E-state index contributed by atoms with van der Waals surface area (Å²) < 4.78 is 8.85. The molecule has 0 aromatic heterocycles. The van der Waals surface area contributed by atoms with Crippen LogP contribution in [-0.4, -0.2) is 36.5 Å². The summed E-state index contributed by atoms with van der Waals surface area (Å²) >= 11 is 1.26. The van der Waals surface area contributed by atoms with Crippen LogP contribution in [0, 0.1) is 0 Å². The largest absolute Gasteiger partial charge is 0.468 e. The molecule has 1 heterocycles. The monoisotopic (exact) mass is 230 g/mol. The summed E-state index contributed by atoms with van der Waals surface area (Å²) in [6.45, 7) is 0. The molecule has 0 aliphatic carbocycles. The van der Waals surface area contributed by atoms with Gasteiger partial charge in [-0.1, -0.05) is 0 Å². The van der Waals surface area contributed by atoms with E-state index in [-0.39, 0.29) is 12.0 Å². The van der Waals surface area contributed by atoms with Crippen LogP contribution in [0.3, 0.4) is 0 Å². The molecular formula is C9H10O5S. The van der Waals surface area contributed by atoms with Crippen LogP contribution in [0.25, 0.3) is 0 Å². The first kappa shape index (κ1) is 11.8. The Bertz CT molecular complexity index is 333. The number of thioether (sulfide) groups is 1. The first-order valence-electron chi connectivity index (χ1n) is 4.15. The second-order valence-corrected chi connectivity index (χ2v) is 3.87. The third kappa shape index (κ3) is 2.82. The molecule has 0 spiro atoms. The van der Waals surface area contributed by atoms with E-state index in [1.54, 1.807) is 6.26 Å². The van der Waals surface area contributed by atoms with Gasteiger partial charge in [0.15, 0.2) is 0 Å². The maximum atomic E-state index is 11.2. The van der Waals surface area contributed by atoms with E-state index in [4.69, 9.17) is 0 Å². The molecule has 6 heteroatoms. The summed E-state index contributed by atoms with van der Waals surface area (Å²) in [5.74, 6) is -1.78. The molecule has 1 aliphatic heterocycles. The predicted octanol–water partition coefficient (Wildman–Crippen LogP) is 0.291. The molecule has 0 aromatic rings. The lowest BCUT2D eigenvalue weighted by molar-refractivity contribution is -0.150. The van der Waals surface area contributed by atoms with Crippen LogP contribution in [-0.2, 0) is 23.9 Å². The van der Waals surface area contributed by atoms with Crippen molar-refractivity contribution >= 4 is 29.7 Å². The van der Waals surface area contributed by atoms with Crippen molar-refractivity contribution in [3.05, 3.63) is 11.6 Å². The lowest BCUT2D eigenvalue weighted by atomic mass is 10.1. The van der Waals surface area contributed by atoms with Gasteiger partial charge in [0.2, 0.25) is 0 Å². The third-order valence-electron chi connectivity index (χ3n) is 1.90. The van der Waals surface area contributed by atoms with E-state index in [0.717, 1.165) is 6.08 Å². The average molecular weight is 230 g/mol. The highest BCUT2D eigenvalue weighted by molar-refractivity contribution is 7.99. The standard InChI is InChI=1S/C9H10O5S/c1-13-9(12)6(15-2)3-5-4-7(10)14-8(5)11/h4,6H,3H2,1-2H3/t6-/m0/s1. The highest BCUT2D eigenvalue weighted by atomic mass is 32.2. The van der Waals surface area contributed by atoms with Crippen molar-refractivity contribution in [2.45, 2.75) is 11.7 Å². The molecule has 0 bridgehead atoms. The molecule has 15 heavy (non-hydrogen) atoms. The third-order valence-corrected chi connectivity index (χ3v) is 2.83. The topological polar surface area (TPSA) is 69.7 Å². The fourth-order valence-corrected chi connectivity index (χ4v) is 1.76. The molecule has 0 N–H and O–H groups in total. The Hall–Kier alpha value is -1.30. The Labute approximate surface area is 90.8 Å². The smallest absolute Gasteiger partial charge is 0.342 e. The van der Waals surface area contributed by atoms with Crippen molar-refractivity contribution in [2.24, 2.45) is 0 Å². The van der Waals surface area contributed by atoms with Gasteiger partial charge in [-0.3, -0.25) is 4.79 Å². The normalized spacial score (nSPS) is 17.1. The van der Waals surface area contributed by atoms with Crippen LogP contribution in [0.2, 0.25) is 0 Å². The fraction of sp³-hybridized carbons (Fsp3) is 0.444. The highest BCUT2D eigenvalue weighted by Gasteiger charge is 2.29. The SMILES string of the molecule is COC(=O)[C@H](CC1=CC(=O)OC1=O)SC. The minimum Gasteiger partial charge on any atom is -0.468 e. The van der Waals surface area contributed by atoms with E-state index in [9.17, 15) is 14.4 Å². The van der Waals surface area contributed by atoms with Crippen LogP contribution in [0.4, 0.5) is 0 Å². The van der Waals surface area contributed by atoms with Gasteiger partial charge in [0.05, 0.1) is 7.11 Å². The number of carbonyl (C=O) groups excluding carboxylic acids is 3. The van der Waals surface area contributed by atoms with Gasteiger partial charge in [-0.05, 0) is 6.26 Å². The van der Waals surface area contributed by atoms with Gasteiger partial charge in [-0.25, -0.2) is 9.59 Å². The summed E-state index contributed by atoms with van der Waals surface area (Å²) in [4.78, 5) is 33.0. The van der Waals surface area contributed by atoms with Crippen molar-refractivity contribution in [3.8, 4) is 0 Å². The van der Waals surface area contributed by atoms with Crippen LogP contribution in [0.15, 0.2) is 11.6 Å². The van der Waals surface area contributed by atoms with Gasteiger partial charge in [0, 0.05) is 18.1 Å². The summed E-state index contributed by atoms with van der Waals surface area (Å²) in [5, 5.41) is -0.486. The molecule has 0 amide bonds. The minimum absolute atomic E-state index is 0.151. The van der Waals surface area contributed by atoms with Crippen LogP contribution in [0.5, 0.6) is 0 Å². The number of carbonyl (C=O) groups is 3. The lowest BCUT2D eigenvalue weighted by Gasteiger charge is -2.10. The molecule has 0 unspecified atom stereocenters. The fourth-order valence-electron chi connectivity index (χ4n) is 1.12. The van der Waals surface area contributed by atoms with E-state index in [1.807, 2.05) is 0 Å². The summed E-state index contributed by atoms with van der Waals surface area (Å²) in [7, 11) is 1.28. The van der Waals surface area contributed by atoms with E-state index in [0.29, 0.717) is 0 Å². The zero-order valence-electron chi connectivity index (χ0n) is 8.31. The summed E-state index contributed by atoms with van der Waals surface area (Å²) in [6, 6.07) is 0. The van der Waals surface area contributed by atoms with Crippen molar-refractivity contribution in [2.75, 3.05) is 13.4 Å². The summed E-state index contributed by atoms with van der Waals surface area (Å²) in [6.07, 6.45) is 2.98. The van der Waals surface area contributed by atoms with Gasteiger partial charge in [0.25, 0.3) is 0 Å². The molecule has 0 radical (unpaired) electrons. The minimum atomic E-state index is -0.681. The molecular weight excluding hydrogens is 220 g/mol. The van der Waals surface area contributed by atoms with Crippen molar-refractivity contribution in [1.82, 2.24) is 0 Å². The van der Waals surface area contributed by atoms with E-state index in [1.165, 1.54) is 18.9 Å². The predicted molar refractivity (Wildman–Crippen MR) is 53.1 cm³/mol. The number of esters is 3. The van der Waals surface area contributed by atoms with E-state index < -0.39 is 23.2 Å². The van der Waals surface area contributed by atoms with Crippen LogP contribution in [0.1, 0.15) is 6.42 Å². The Morgan fingerprint density at radius 2 is 2.27 bits per heavy atom. The number of cyclic esters (lactones) is 2. The first-order chi connectivity index (χ1) is 7.08. The molecule has 5 nitrogen and oxygen atoms in total. The maximum absolute atomic E-state index is 11.2. The van der Waals surface area contributed by atoms with Crippen molar-refractivity contribution in [1.29, 1.82) is 0 Å². The summed E-state index contributed by atoms with van der Waals surface area (Å²) in [5.41, 5.74) is 0.213. The second kappa shape index (κ2) is 4.97. The number of ether oxygens (including phenoxy) is 2. The molecule has 0 aromatic carbocycles. The molecule has 0 saturated heterocycles. The zero-order valence-corrected chi connectivity index (χ0v) is 9.13. The first-order valence-corrected chi connectivity index (χ1v) is 5.44. The van der Waals surface area contributed by atoms with E-state index in [2.05, 4.69) is 9.47 Å². The van der Waals surface area contributed by atoms with Gasteiger partial charge < -0.3 is 9.47 Å². The number of rotatable bonds is 4. The molecule has 1 aliphatic rings. The molecule has 0 saturated carbocycles. The number of methoxy groups -OCH3 is 1. The average Bonchev–Trinajstić information content (AvgIpc) is 2.52. The number of hydrogen-bond acceptors (Lipinski definition) is 6. The molecule has 82 valence electrons. The van der Waals surface area contributed by atoms with Gasteiger partial charge in [-0.15, -0.1) is 11.8 Å². The Balaban J connectivity index is 2.67. The Morgan fingerprint density at radius 3 is 2.67 bits per heavy atom. The van der Waals surface area contributed by atoms with Crippen LogP contribution >= 0.6 is 11.8 Å². The van der Waals surface area contributed by atoms with Gasteiger partial charge >= 0.3 is 17.9 Å². The quantitative estimate of drug-likeness (QED) is 0.510. The maximum Gasteiger partial charge on any atom is 0.342 e. The number of hydrogen-bond donors (Lipinski definition) is 0. The Morgan fingerprint density at radius 1 is 1.60 bits per heavy atom. The van der Waals surface area contributed by atoms with Crippen LogP contribution < -0.4 is 0 Å². The highest BCUT2D eigenvalue weighted by Crippen LogP contribution is 2.21. The van der Waals surface area contributed by atoms with Gasteiger partial charge in [-0.2, -0.15) is 0 Å². The van der Waals surface area contributed by atoms with Crippen molar-refractivity contribution < 1.29 is 23.9 Å². The van der Waals surface area contributed by atoms with Gasteiger partial charge in [0.1, 0.15) is 5.25 Å². The van der Waals surface area contributed by atoms with E-state index >= 15 is 0 Å². The lowest BCUT2D eigenvalue weighted by Crippen LogP contribution is -2.20. The molecule has 1 atom stereocenters. The second-order valence-electron chi connectivity index (χ2n) is 2.83. The molecule has 0 fully saturated rings. The molecule has 1 rings (SSSR count).